The maximum absolute atomic E-state index is 13.1. The van der Waals surface area contributed by atoms with Crippen LogP contribution in [0.4, 0.5) is 28.9 Å². The van der Waals surface area contributed by atoms with Crippen LogP contribution in [0, 0.1) is 5.82 Å². The summed E-state index contributed by atoms with van der Waals surface area (Å²) in [5, 5.41) is 5.41. The minimum Gasteiger partial charge on any atom is -0.481 e. The summed E-state index contributed by atoms with van der Waals surface area (Å²) in [6, 6.07) is 11.4. The number of alkyl halides is 3. The van der Waals surface area contributed by atoms with E-state index in [1.165, 1.54) is 43.6 Å². The van der Waals surface area contributed by atoms with Crippen LogP contribution in [-0.2, 0) is 12.7 Å². The van der Waals surface area contributed by atoms with Crippen molar-refractivity contribution < 1.29 is 27.1 Å². The van der Waals surface area contributed by atoms with Gasteiger partial charge < -0.3 is 15.4 Å². The summed E-state index contributed by atoms with van der Waals surface area (Å²) >= 11 is 0. The molecule has 0 saturated carbocycles. The van der Waals surface area contributed by atoms with Gasteiger partial charge in [-0.1, -0.05) is 12.1 Å². The molecule has 1 heterocycles. The molecule has 156 valence electrons. The number of nitrogens with zero attached hydrogens (tertiary/aromatic N) is 1. The SMILES string of the molecule is COc1ccc(NC(=O)c2ccc(C(F)(F)F)cc2NCc2ccc(F)cc2)cn1. The third-order valence-corrected chi connectivity index (χ3v) is 4.19. The average molecular weight is 419 g/mol. The normalized spacial score (nSPS) is 11.1. The second-order valence-electron chi connectivity index (χ2n) is 6.28. The Morgan fingerprint density at radius 2 is 1.80 bits per heavy atom. The molecule has 0 spiro atoms. The maximum atomic E-state index is 13.1. The van der Waals surface area contributed by atoms with E-state index in [9.17, 15) is 22.4 Å². The summed E-state index contributed by atoms with van der Waals surface area (Å²) in [5.74, 6) is -0.688. The number of hydrogen-bond acceptors (Lipinski definition) is 4. The Kier molecular flexibility index (Phi) is 6.20. The Labute approximate surface area is 169 Å². The van der Waals surface area contributed by atoms with Crippen molar-refractivity contribution in [3.05, 3.63) is 83.3 Å². The number of ether oxygens (including phenoxy) is 1. The molecule has 9 heteroatoms. The first kappa shape index (κ1) is 21.1. The number of methoxy groups -OCH3 is 1. The van der Waals surface area contributed by atoms with E-state index in [4.69, 9.17) is 4.74 Å². The molecule has 0 saturated heterocycles. The van der Waals surface area contributed by atoms with Crippen LogP contribution in [0.3, 0.4) is 0 Å². The molecule has 30 heavy (non-hydrogen) atoms. The minimum atomic E-state index is -4.57. The molecule has 0 aliphatic carbocycles. The third-order valence-electron chi connectivity index (χ3n) is 4.19. The predicted molar refractivity (Wildman–Crippen MR) is 104 cm³/mol. The highest BCUT2D eigenvalue weighted by molar-refractivity contribution is 6.08. The van der Waals surface area contributed by atoms with Crippen LogP contribution in [0.1, 0.15) is 21.5 Å². The summed E-state index contributed by atoms with van der Waals surface area (Å²) in [6.45, 7) is 0.103. The van der Waals surface area contributed by atoms with Crippen molar-refractivity contribution >= 4 is 17.3 Å². The molecule has 0 fully saturated rings. The van der Waals surface area contributed by atoms with Gasteiger partial charge in [-0.15, -0.1) is 0 Å². The van der Waals surface area contributed by atoms with Crippen LogP contribution in [0.5, 0.6) is 5.88 Å². The fraction of sp³-hybridized carbons (Fsp3) is 0.143. The third kappa shape index (κ3) is 5.25. The highest BCUT2D eigenvalue weighted by atomic mass is 19.4. The summed E-state index contributed by atoms with van der Waals surface area (Å²) in [5.41, 5.74) is 0.102. The number of anilines is 2. The molecule has 0 bridgehead atoms. The Balaban J connectivity index is 1.85. The molecule has 3 aromatic rings. The molecule has 1 amide bonds. The van der Waals surface area contributed by atoms with Crippen molar-refractivity contribution in [2.75, 3.05) is 17.7 Å². The number of benzene rings is 2. The lowest BCUT2D eigenvalue weighted by Gasteiger charge is -2.15. The molecular weight excluding hydrogens is 402 g/mol. The van der Waals surface area contributed by atoms with Gasteiger partial charge in [-0.05, 0) is 42.0 Å². The Morgan fingerprint density at radius 3 is 2.40 bits per heavy atom. The van der Waals surface area contributed by atoms with E-state index >= 15 is 0 Å². The summed E-state index contributed by atoms with van der Waals surface area (Å²) in [4.78, 5) is 16.6. The number of rotatable bonds is 6. The van der Waals surface area contributed by atoms with Crippen LogP contribution >= 0.6 is 0 Å². The lowest BCUT2D eigenvalue weighted by Crippen LogP contribution is -2.16. The molecule has 3 rings (SSSR count). The van der Waals surface area contributed by atoms with Gasteiger partial charge in [-0.25, -0.2) is 9.37 Å². The number of hydrogen-bond donors (Lipinski definition) is 2. The van der Waals surface area contributed by atoms with Gasteiger partial charge in [0, 0.05) is 18.3 Å². The van der Waals surface area contributed by atoms with Gasteiger partial charge in [0.2, 0.25) is 5.88 Å². The van der Waals surface area contributed by atoms with Crippen molar-refractivity contribution in [1.29, 1.82) is 0 Å². The zero-order valence-electron chi connectivity index (χ0n) is 15.8. The van der Waals surface area contributed by atoms with Gasteiger partial charge in [-0.3, -0.25) is 4.79 Å². The largest absolute Gasteiger partial charge is 0.481 e. The van der Waals surface area contributed by atoms with Crippen LogP contribution in [0.2, 0.25) is 0 Å². The number of nitrogens with one attached hydrogen (secondary N) is 2. The summed E-state index contributed by atoms with van der Waals surface area (Å²) in [7, 11) is 1.45. The highest BCUT2D eigenvalue weighted by Gasteiger charge is 2.31. The van der Waals surface area contributed by atoms with E-state index in [1.54, 1.807) is 6.07 Å². The van der Waals surface area contributed by atoms with E-state index in [1.807, 2.05) is 0 Å². The Morgan fingerprint density at radius 1 is 1.07 bits per heavy atom. The molecule has 2 N–H and O–H groups in total. The maximum Gasteiger partial charge on any atom is 0.416 e. The first-order valence-electron chi connectivity index (χ1n) is 8.77. The summed E-state index contributed by atoms with van der Waals surface area (Å²) in [6.07, 6.45) is -3.20. The molecule has 1 aromatic heterocycles. The summed E-state index contributed by atoms with van der Waals surface area (Å²) < 4.78 is 57.4. The molecule has 0 atom stereocenters. The standard InChI is InChI=1S/C21H17F4N3O2/c1-30-19-9-7-16(12-27-19)28-20(29)17-8-4-14(21(23,24)25)10-18(17)26-11-13-2-5-15(22)6-3-13/h2-10,12,26H,11H2,1H3,(H,28,29). The second-order valence-corrected chi connectivity index (χ2v) is 6.28. The molecule has 0 radical (unpaired) electrons. The van der Waals surface area contributed by atoms with Gasteiger partial charge in [0.15, 0.2) is 0 Å². The molecule has 5 nitrogen and oxygen atoms in total. The lowest BCUT2D eigenvalue weighted by atomic mass is 10.1. The smallest absolute Gasteiger partial charge is 0.416 e. The highest BCUT2D eigenvalue weighted by Crippen LogP contribution is 2.32. The monoisotopic (exact) mass is 419 g/mol. The number of amides is 1. The van der Waals surface area contributed by atoms with E-state index in [0.29, 0.717) is 17.1 Å². The van der Waals surface area contributed by atoms with Gasteiger partial charge >= 0.3 is 6.18 Å². The Hall–Kier alpha value is -3.62. The fourth-order valence-corrected chi connectivity index (χ4v) is 2.64. The van der Waals surface area contributed by atoms with E-state index < -0.39 is 23.5 Å². The molecular formula is C21H17F4N3O2. The number of carbonyl (C=O) groups excluding carboxylic acids is 1. The van der Waals surface area contributed by atoms with Crippen LogP contribution in [0.25, 0.3) is 0 Å². The van der Waals surface area contributed by atoms with Crippen molar-refractivity contribution in [1.82, 2.24) is 4.98 Å². The molecule has 0 aliphatic heterocycles. The zero-order valence-corrected chi connectivity index (χ0v) is 15.8. The molecule has 0 aliphatic rings. The number of halogens is 4. The van der Waals surface area contributed by atoms with Crippen LogP contribution in [0.15, 0.2) is 60.8 Å². The van der Waals surface area contributed by atoms with Crippen LogP contribution in [-0.4, -0.2) is 18.0 Å². The fourth-order valence-electron chi connectivity index (χ4n) is 2.64. The minimum absolute atomic E-state index is 0.00637. The first-order chi connectivity index (χ1) is 14.3. The van der Waals surface area contributed by atoms with Gasteiger partial charge in [0.1, 0.15) is 5.82 Å². The topological polar surface area (TPSA) is 63.2 Å². The number of carbonyl (C=O) groups is 1. The van der Waals surface area contributed by atoms with E-state index in [2.05, 4.69) is 15.6 Å². The van der Waals surface area contributed by atoms with Crippen molar-refractivity contribution in [2.24, 2.45) is 0 Å². The number of aromatic nitrogens is 1. The van der Waals surface area contributed by atoms with Crippen LogP contribution < -0.4 is 15.4 Å². The average Bonchev–Trinajstić information content (AvgIpc) is 2.73. The molecule has 2 aromatic carbocycles. The van der Waals surface area contributed by atoms with Gasteiger partial charge in [0.25, 0.3) is 5.91 Å². The number of pyridine rings is 1. The van der Waals surface area contributed by atoms with Crippen molar-refractivity contribution in [3.63, 3.8) is 0 Å². The quantitative estimate of drug-likeness (QED) is 0.545. The first-order valence-corrected chi connectivity index (χ1v) is 8.77. The predicted octanol–water partition coefficient (Wildman–Crippen LogP) is 5.11. The van der Waals surface area contributed by atoms with E-state index in [0.717, 1.165) is 18.2 Å². The van der Waals surface area contributed by atoms with E-state index in [-0.39, 0.29) is 17.8 Å². The Bertz CT molecular complexity index is 1020. The zero-order chi connectivity index (χ0) is 21.7. The second kappa shape index (κ2) is 8.81. The van der Waals surface area contributed by atoms with Gasteiger partial charge in [0.05, 0.1) is 30.1 Å². The van der Waals surface area contributed by atoms with Gasteiger partial charge in [-0.2, -0.15) is 13.2 Å². The van der Waals surface area contributed by atoms with Crippen molar-refractivity contribution in [3.8, 4) is 5.88 Å². The lowest BCUT2D eigenvalue weighted by molar-refractivity contribution is -0.137. The van der Waals surface area contributed by atoms with Crippen molar-refractivity contribution in [2.45, 2.75) is 12.7 Å². The molecule has 0 unspecified atom stereocenters.